The van der Waals surface area contributed by atoms with Crippen molar-refractivity contribution in [2.45, 2.75) is 5.41 Å². The van der Waals surface area contributed by atoms with Crippen LogP contribution in [0.1, 0.15) is 22.3 Å². The lowest BCUT2D eigenvalue weighted by Crippen LogP contribution is -2.26. The number of hydrogen-bond donors (Lipinski definition) is 0. The molecule has 66 heavy (non-hydrogen) atoms. The summed E-state index contributed by atoms with van der Waals surface area (Å²) in [7, 11) is 0. The van der Waals surface area contributed by atoms with Gasteiger partial charge >= 0.3 is 0 Å². The fourth-order valence-corrected chi connectivity index (χ4v) is 11.2. The predicted octanol–water partition coefficient (Wildman–Crippen LogP) is 16.2. The van der Waals surface area contributed by atoms with Gasteiger partial charge in [0.05, 0.1) is 16.8 Å². The summed E-state index contributed by atoms with van der Waals surface area (Å²) in [4.78, 5) is 11.0. The van der Waals surface area contributed by atoms with Crippen LogP contribution in [0.3, 0.4) is 0 Å². The number of benzene rings is 10. The van der Waals surface area contributed by atoms with E-state index in [0.29, 0.717) is 5.82 Å². The van der Waals surface area contributed by atoms with Gasteiger partial charge in [-0.15, -0.1) is 0 Å². The Morgan fingerprint density at radius 1 is 0.303 bits per heavy atom. The number of hydrogen-bond acceptors (Lipinski definition) is 3. The maximum atomic E-state index is 6.29. The zero-order valence-corrected chi connectivity index (χ0v) is 35.7. The third-order valence-corrected chi connectivity index (χ3v) is 14.1. The molecule has 0 saturated heterocycles. The Labute approximate surface area is 382 Å². The Kier molecular flexibility index (Phi) is 7.90. The van der Waals surface area contributed by atoms with Crippen molar-refractivity contribution in [1.29, 1.82) is 0 Å². The van der Waals surface area contributed by atoms with Crippen molar-refractivity contribution in [1.82, 2.24) is 9.97 Å². The molecule has 0 radical (unpaired) electrons. The first-order valence-corrected chi connectivity index (χ1v) is 22.6. The molecule has 306 valence electrons. The van der Waals surface area contributed by atoms with Gasteiger partial charge in [0.15, 0.2) is 5.82 Å². The Hall–Kier alpha value is -8.66. The average molecular weight is 839 g/mol. The first-order valence-electron chi connectivity index (χ1n) is 22.6. The van der Waals surface area contributed by atoms with Crippen molar-refractivity contribution in [3.63, 3.8) is 0 Å². The number of nitrogens with zero attached hydrogens (tertiary/aromatic N) is 2. The molecule has 12 aromatic rings. The molecule has 2 aliphatic rings. The second kappa shape index (κ2) is 14.2. The van der Waals surface area contributed by atoms with E-state index in [1.165, 1.54) is 55.3 Å². The molecule has 10 aromatic carbocycles. The lowest BCUT2D eigenvalue weighted by atomic mass is 9.69. The minimum absolute atomic E-state index is 0.535. The first kappa shape index (κ1) is 36.8. The lowest BCUT2D eigenvalue weighted by molar-refractivity contribution is 0.669. The quantitative estimate of drug-likeness (QED) is 0.173. The molecule has 14 rings (SSSR count). The van der Waals surface area contributed by atoms with Crippen LogP contribution >= 0.6 is 0 Å². The molecule has 2 aromatic heterocycles. The zero-order valence-electron chi connectivity index (χ0n) is 35.7. The van der Waals surface area contributed by atoms with Crippen molar-refractivity contribution in [3.8, 4) is 78.4 Å². The molecule has 0 amide bonds. The topological polar surface area (TPSA) is 38.9 Å². The summed E-state index contributed by atoms with van der Waals surface area (Å²) in [5.41, 5.74) is 20.7. The van der Waals surface area contributed by atoms with Crippen LogP contribution in [0, 0.1) is 0 Å². The van der Waals surface area contributed by atoms with Crippen LogP contribution < -0.4 is 0 Å². The number of para-hydroxylation sites is 1. The van der Waals surface area contributed by atoms with E-state index < -0.39 is 5.41 Å². The summed E-state index contributed by atoms with van der Waals surface area (Å²) < 4.78 is 6.29. The first-order chi connectivity index (χ1) is 32.7. The fraction of sp³-hybridized carbons (Fsp3) is 0.0159. The fourth-order valence-electron chi connectivity index (χ4n) is 11.2. The van der Waals surface area contributed by atoms with Crippen LogP contribution in [-0.4, -0.2) is 9.97 Å². The molecule has 0 unspecified atom stereocenters. The van der Waals surface area contributed by atoms with Gasteiger partial charge in [-0.3, -0.25) is 0 Å². The van der Waals surface area contributed by atoms with E-state index in [9.17, 15) is 0 Å². The van der Waals surface area contributed by atoms with E-state index in [1.807, 2.05) is 18.2 Å². The number of furan rings is 1. The Balaban J connectivity index is 1.04. The summed E-state index contributed by atoms with van der Waals surface area (Å²) in [5.74, 6) is 0.682. The number of rotatable bonds is 5. The van der Waals surface area contributed by atoms with E-state index in [2.05, 4.69) is 212 Å². The minimum atomic E-state index is -0.535. The molecule has 0 fully saturated rings. The van der Waals surface area contributed by atoms with E-state index in [-0.39, 0.29) is 0 Å². The standard InChI is InChI=1S/C63H38N2O/c1-2-16-40(17-3-1)62-64-57(38-58(65-62)52-24-14-23-51-49-21-8-12-27-56(49)63(61(51)52)54-25-10-6-19-47(54)48-20-7-11-26-55(48)63)46-35-44(42-30-29-39-15-4-5-18-41(39)33-42)34-45(36-46)43-31-32-60-53(37-43)50-22-9-13-28-59(50)66-60/h1-38H. The molecule has 1 spiro atoms. The summed E-state index contributed by atoms with van der Waals surface area (Å²) in [6.45, 7) is 0. The Bertz CT molecular complexity index is 3890. The summed E-state index contributed by atoms with van der Waals surface area (Å²) >= 11 is 0. The molecule has 0 atom stereocenters. The van der Waals surface area contributed by atoms with Crippen molar-refractivity contribution in [3.05, 3.63) is 253 Å². The van der Waals surface area contributed by atoms with E-state index >= 15 is 0 Å². The molecular formula is C63H38N2O. The van der Waals surface area contributed by atoms with Crippen LogP contribution in [0.2, 0.25) is 0 Å². The highest BCUT2D eigenvalue weighted by Crippen LogP contribution is 2.64. The van der Waals surface area contributed by atoms with Gasteiger partial charge in [-0.1, -0.05) is 182 Å². The second-order valence-corrected chi connectivity index (χ2v) is 17.6. The second-order valence-electron chi connectivity index (χ2n) is 17.6. The van der Waals surface area contributed by atoms with Crippen molar-refractivity contribution in [2.75, 3.05) is 0 Å². The van der Waals surface area contributed by atoms with Gasteiger partial charge in [-0.25, -0.2) is 9.97 Å². The maximum Gasteiger partial charge on any atom is 0.160 e. The molecule has 0 saturated carbocycles. The van der Waals surface area contributed by atoms with E-state index in [4.69, 9.17) is 14.4 Å². The normalized spacial score (nSPS) is 13.0. The predicted molar refractivity (Wildman–Crippen MR) is 270 cm³/mol. The molecule has 0 bridgehead atoms. The summed E-state index contributed by atoms with van der Waals surface area (Å²) in [6, 6.07) is 83.4. The van der Waals surface area contributed by atoms with Gasteiger partial charge in [-0.2, -0.15) is 0 Å². The monoisotopic (exact) mass is 838 g/mol. The van der Waals surface area contributed by atoms with Crippen molar-refractivity contribution in [2.24, 2.45) is 0 Å². The van der Waals surface area contributed by atoms with Crippen LogP contribution in [0.15, 0.2) is 235 Å². The molecule has 0 aliphatic heterocycles. The van der Waals surface area contributed by atoms with Crippen LogP contribution in [-0.2, 0) is 5.41 Å². The van der Waals surface area contributed by atoms with Crippen molar-refractivity contribution >= 4 is 32.7 Å². The molecular weight excluding hydrogens is 801 g/mol. The summed E-state index contributed by atoms with van der Waals surface area (Å²) in [5, 5.41) is 4.62. The summed E-state index contributed by atoms with van der Waals surface area (Å²) in [6.07, 6.45) is 0. The highest BCUT2D eigenvalue weighted by atomic mass is 16.3. The minimum Gasteiger partial charge on any atom is -0.456 e. The van der Waals surface area contributed by atoms with Crippen LogP contribution in [0.25, 0.3) is 111 Å². The van der Waals surface area contributed by atoms with Gasteiger partial charge in [0.1, 0.15) is 11.2 Å². The Morgan fingerprint density at radius 2 is 0.848 bits per heavy atom. The van der Waals surface area contributed by atoms with Gasteiger partial charge < -0.3 is 4.42 Å². The van der Waals surface area contributed by atoms with E-state index in [0.717, 1.165) is 72.3 Å². The van der Waals surface area contributed by atoms with Gasteiger partial charge in [0.25, 0.3) is 0 Å². The average Bonchev–Trinajstić information content (AvgIpc) is 4.02. The largest absolute Gasteiger partial charge is 0.456 e. The lowest BCUT2D eigenvalue weighted by Gasteiger charge is -2.32. The molecule has 3 nitrogen and oxygen atoms in total. The molecule has 3 heteroatoms. The molecule has 2 heterocycles. The maximum absolute atomic E-state index is 6.29. The highest BCUT2D eigenvalue weighted by Gasteiger charge is 2.52. The smallest absolute Gasteiger partial charge is 0.160 e. The molecule has 0 N–H and O–H groups in total. The third kappa shape index (κ3) is 5.38. The van der Waals surface area contributed by atoms with Crippen molar-refractivity contribution < 1.29 is 4.42 Å². The van der Waals surface area contributed by atoms with Crippen LogP contribution in [0.4, 0.5) is 0 Å². The van der Waals surface area contributed by atoms with Gasteiger partial charge in [0.2, 0.25) is 0 Å². The number of aromatic nitrogens is 2. The Morgan fingerprint density at radius 3 is 1.61 bits per heavy atom. The molecule has 2 aliphatic carbocycles. The van der Waals surface area contributed by atoms with E-state index in [1.54, 1.807) is 0 Å². The van der Waals surface area contributed by atoms with Gasteiger partial charge in [0, 0.05) is 27.5 Å². The SMILES string of the molecule is c1ccc(-c2nc(-c3cc(-c4ccc5ccccc5c4)cc(-c4ccc5oc6ccccc6c5c4)c3)cc(-c3cccc4c3C3(c5ccccc5-c5ccccc53)c3ccccc3-4)n2)cc1. The third-order valence-electron chi connectivity index (χ3n) is 14.1. The number of fused-ring (bicyclic) bond motifs is 14. The highest BCUT2D eigenvalue weighted by molar-refractivity contribution is 6.06. The zero-order chi connectivity index (χ0) is 43.3. The van der Waals surface area contributed by atoms with Crippen LogP contribution in [0.5, 0.6) is 0 Å². The van der Waals surface area contributed by atoms with Gasteiger partial charge in [-0.05, 0) is 126 Å².